The van der Waals surface area contributed by atoms with E-state index < -0.39 is 11.7 Å². The van der Waals surface area contributed by atoms with Crippen molar-refractivity contribution >= 4 is 46.9 Å². The molecule has 0 aromatic carbocycles. The molecule has 21 heteroatoms. The number of hydrogen-bond acceptors (Lipinski definition) is 15. The van der Waals surface area contributed by atoms with Gasteiger partial charge in [-0.05, 0) is 137 Å². The standard InChI is InChI=1S/C10H16N2O.C9H13FN2O.C9H11N4.C9H14N2O.C9H14N2.C8H14N4.W/c1-7-6-12(10(3,4)5)8(2)11-9(7)13;1-6-11-8(13)7(10)5-12(6)9(2,3)4;1-6(2)13-5-11-8-4-10-7(3)12-9(8)13;1-7-10-8(12)5-6-11(7)9(2,3)4;1-7(2)11-6-5-8(3)10-9(11)4;1-6-11-7(9)10-5-12(6)8(2,3)4;/h6H,2H2,1,3-5H3,(H,11,13);5H,1H2,2-4H3,(H,11,13);5-6H,1-3H3;5-6H,1H2,2-4H3,(H,10,12);5-7H,4H2,1-3H3;5H,1H2,2-4H3,(H2,9,11);/q;;-1;;;;. The number of guanidine groups is 1. The topological polar surface area (TPSA) is 210 Å². The number of rotatable bonds is 2. The van der Waals surface area contributed by atoms with Gasteiger partial charge in [0.25, 0.3) is 17.7 Å². The number of aromatic nitrogens is 4. The molecular formula is C54H82FN16O3W-. The number of aryl methyl sites for hydroxylation is 1. The zero-order valence-corrected chi connectivity index (χ0v) is 50.7. The Morgan fingerprint density at radius 2 is 1.16 bits per heavy atom. The van der Waals surface area contributed by atoms with Crippen LogP contribution in [-0.2, 0) is 35.4 Å². The summed E-state index contributed by atoms with van der Waals surface area (Å²) < 4.78 is 14.9. The van der Waals surface area contributed by atoms with Crippen molar-refractivity contribution in [1.82, 2.24) is 60.0 Å². The maximum atomic E-state index is 12.9. The normalized spacial score (nSPS) is 16.7. The first-order valence-electron chi connectivity index (χ1n) is 24.0. The third-order valence-electron chi connectivity index (χ3n) is 10.4. The van der Waals surface area contributed by atoms with E-state index in [0.717, 1.165) is 28.5 Å². The first kappa shape index (κ1) is 66.1. The van der Waals surface area contributed by atoms with Crippen molar-refractivity contribution in [3.63, 3.8) is 0 Å². The van der Waals surface area contributed by atoms with Crippen molar-refractivity contribution in [3.05, 3.63) is 129 Å². The van der Waals surface area contributed by atoms with Crippen LogP contribution in [0.25, 0.3) is 11.2 Å². The Morgan fingerprint density at radius 1 is 0.653 bits per heavy atom. The maximum Gasteiger partial charge on any atom is 0.287 e. The summed E-state index contributed by atoms with van der Waals surface area (Å²) >= 11 is 0. The molecule has 5 aliphatic rings. The zero-order chi connectivity index (χ0) is 57.0. The first-order valence-corrected chi connectivity index (χ1v) is 24.0. The van der Waals surface area contributed by atoms with Crippen LogP contribution >= 0.6 is 0 Å². The van der Waals surface area contributed by atoms with Gasteiger partial charge in [0.2, 0.25) is 11.8 Å². The van der Waals surface area contributed by atoms with E-state index in [2.05, 4.69) is 175 Å². The average molecular weight is 1210 g/mol. The number of aliphatic imine (C=N–C) groups is 3. The number of carbonyl (C=O) groups is 3. The first-order chi connectivity index (χ1) is 33.8. The number of amides is 3. The fourth-order valence-electron chi connectivity index (χ4n) is 6.66. The second-order valence-corrected chi connectivity index (χ2v) is 21.9. The van der Waals surface area contributed by atoms with Crippen molar-refractivity contribution < 1.29 is 39.8 Å². The summed E-state index contributed by atoms with van der Waals surface area (Å²) in [7, 11) is 0. The molecule has 2 aromatic rings. The van der Waals surface area contributed by atoms with Crippen LogP contribution in [0.15, 0.2) is 132 Å². The SMILES string of the molecule is C=C1N=C(C)C=CN1C(C)C.C=C1N=C(N)N=CN1C(C)(C)C.C=C1NC(=O)C(C)=CN1C(C)(C)C.C=C1NC(=O)C(F)=CN1C(C)(C)C.C=C1NC(=O)C=CN1C(C)(C)C.Cc1n[c-]c2ncn(C(C)C)c2n1.[W]. The molecule has 7 rings (SSSR count). The Kier molecular flexibility index (Phi) is 23.8. The summed E-state index contributed by atoms with van der Waals surface area (Å²) in [6.07, 6.45) is 16.6. The van der Waals surface area contributed by atoms with E-state index in [0.29, 0.717) is 40.9 Å². The molecular weight excluding hydrogens is 1120 g/mol. The van der Waals surface area contributed by atoms with Crippen molar-refractivity contribution in [2.24, 2.45) is 20.7 Å². The van der Waals surface area contributed by atoms with Crippen LogP contribution in [0.5, 0.6) is 0 Å². The molecule has 0 bridgehead atoms. The Hall–Kier alpha value is -6.95. The zero-order valence-electron chi connectivity index (χ0n) is 47.8. The van der Waals surface area contributed by atoms with Crippen molar-refractivity contribution in [2.45, 2.75) is 166 Å². The van der Waals surface area contributed by atoms with Crippen LogP contribution in [0.2, 0.25) is 0 Å². The molecule has 75 heavy (non-hydrogen) atoms. The number of imidazole rings is 1. The van der Waals surface area contributed by atoms with Gasteiger partial charge in [-0.15, -0.1) is 0 Å². The Balaban J connectivity index is 0.000000449. The molecule has 0 radical (unpaired) electrons. The molecule has 2 aromatic heterocycles. The second-order valence-electron chi connectivity index (χ2n) is 21.9. The molecule has 0 fully saturated rings. The summed E-state index contributed by atoms with van der Waals surface area (Å²) in [4.78, 5) is 66.9. The molecule has 0 aliphatic carbocycles. The third kappa shape index (κ3) is 20.4. The quantitative estimate of drug-likeness (QED) is 0.208. The molecule has 0 saturated heterocycles. The smallest absolute Gasteiger partial charge is 0.287 e. The number of nitrogens with zero attached hydrogens (tertiary/aromatic N) is 12. The fourth-order valence-corrected chi connectivity index (χ4v) is 6.66. The minimum absolute atomic E-state index is 0. The molecule has 5 aliphatic heterocycles. The molecule has 410 valence electrons. The number of fused-ring (bicyclic) bond motifs is 1. The number of allylic oxidation sites excluding steroid dienone is 1. The molecule has 19 nitrogen and oxygen atoms in total. The summed E-state index contributed by atoms with van der Waals surface area (Å²) in [6, 6.07) is 0.809. The van der Waals surface area contributed by atoms with Crippen molar-refractivity contribution in [1.29, 1.82) is 0 Å². The van der Waals surface area contributed by atoms with Gasteiger partial charge in [-0.3, -0.25) is 19.4 Å². The molecule has 5 N–H and O–H groups in total. The van der Waals surface area contributed by atoms with Crippen molar-refractivity contribution in [3.8, 4) is 0 Å². The molecule has 0 atom stereocenters. The van der Waals surface area contributed by atoms with Gasteiger partial charge in [0.1, 0.15) is 35.4 Å². The predicted molar refractivity (Wildman–Crippen MR) is 297 cm³/mol. The van der Waals surface area contributed by atoms with Crippen LogP contribution in [0.1, 0.15) is 136 Å². The predicted octanol–water partition coefficient (Wildman–Crippen LogP) is 8.88. The third-order valence-corrected chi connectivity index (χ3v) is 10.4. The van der Waals surface area contributed by atoms with Crippen LogP contribution in [-0.4, -0.2) is 108 Å². The molecule has 3 amide bonds. The van der Waals surface area contributed by atoms with Gasteiger partial charge in [0, 0.05) is 114 Å². The van der Waals surface area contributed by atoms with E-state index in [1.54, 1.807) is 30.7 Å². The fraction of sp³-hybridized carbons (Fsp3) is 0.463. The molecule has 0 saturated carbocycles. The van der Waals surface area contributed by atoms with Gasteiger partial charge in [-0.1, -0.05) is 39.8 Å². The summed E-state index contributed by atoms with van der Waals surface area (Å²) in [5, 5.41) is 7.69. The van der Waals surface area contributed by atoms with Crippen LogP contribution in [0.3, 0.4) is 0 Å². The van der Waals surface area contributed by atoms with Crippen LogP contribution in [0.4, 0.5) is 4.39 Å². The number of hydrogen-bond donors (Lipinski definition) is 4. The Labute approximate surface area is 459 Å². The molecule has 0 spiro atoms. The second kappa shape index (κ2) is 27.0. The van der Waals surface area contributed by atoms with Crippen molar-refractivity contribution in [2.75, 3.05) is 0 Å². The van der Waals surface area contributed by atoms with Gasteiger partial charge in [0.05, 0.1) is 6.33 Å². The summed E-state index contributed by atoms with van der Waals surface area (Å²) in [6.45, 7) is 57.1. The monoisotopic (exact) mass is 1210 g/mol. The molecule has 7 heterocycles. The van der Waals surface area contributed by atoms with Gasteiger partial charge in [-0.25, -0.2) is 9.98 Å². The Bertz CT molecular complexity index is 2620. The number of carbonyl (C=O) groups excluding carboxylic acids is 3. The van der Waals surface area contributed by atoms with Gasteiger partial charge in [0.15, 0.2) is 0 Å². The van der Waals surface area contributed by atoms with E-state index in [1.807, 2.05) is 77.3 Å². The van der Waals surface area contributed by atoms with Crippen LogP contribution in [0, 0.1) is 13.1 Å². The summed E-state index contributed by atoms with van der Waals surface area (Å²) in [5.74, 6) is 2.45. The van der Waals surface area contributed by atoms with Gasteiger partial charge >= 0.3 is 0 Å². The Morgan fingerprint density at radius 3 is 1.63 bits per heavy atom. The minimum Gasteiger partial charge on any atom is -0.371 e. The van der Waals surface area contributed by atoms with E-state index in [4.69, 9.17) is 5.73 Å². The summed E-state index contributed by atoms with van der Waals surface area (Å²) in [5.41, 5.74) is 8.29. The van der Waals surface area contributed by atoms with E-state index in [-0.39, 0.29) is 61.0 Å². The van der Waals surface area contributed by atoms with Gasteiger partial charge < -0.3 is 60.7 Å². The van der Waals surface area contributed by atoms with E-state index >= 15 is 0 Å². The maximum absolute atomic E-state index is 12.9. The van der Waals surface area contributed by atoms with E-state index in [9.17, 15) is 18.8 Å². The average Bonchev–Trinajstić information content (AvgIpc) is 3.66. The van der Waals surface area contributed by atoms with E-state index in [1.165, 1.54) is 12.3 Å². The number of halogens is 1. The minimum atomic E-state index is -0.790. The number of nitrogens with one attached hydrogen (secondary N) is 3. The van der Waals surface area contributed by atoms with Crippen LogP contribution < -0.4 is 21.7 Å². The molecule has 0 unspecified atom stereocenters. The largest absolute Gasteiger partial charge is 0.371 e. The van der Waals surface area contributed by atoms with Gasteiger partial charge in [-0.2, -0.15) is 9.38 Å². The number of nitrogens with two attached hydrogens (primary N) is 1.